The van der Waals surface area contributed by atoms with Crippen molar-refractivity contribution in [1.82, 2.24) is 5.32 Å². The van der Waals surface area contributed by atoms with Crippen LogP contribution in [0.15, 0.2) is 36.4 Å². The number of nitrogen functional groups attached to an aromatic ring is 1. The first-order chi connectivity index (χ1) is 11.1. The number of carbonyl (C=O) groups excluding carboxylic acids is 2. The monoisotopic (exact) mass is 316 g/mol. The number of esters is 1. The maximum Gasteiger partial charge on any atom is 0.328 e. The summed E-state index contributed by atoms with van der Waals surface area (Å²) >= 11 is 0. The van der Waals surface area contributed by atoms with Gasteiger partial charge in [-0.05, 0) is 17.5 Å². The van der Waals surface area contributed by atoms with Crippen LogP contribution in [0.5, 0.6) is 0 Å². The number of nitrogens with two attached hydrogens (primary N) is 1. The van der Waals surface area contributed by atoms with Gasteiger partial charge in [-0.1, -0.05) is 24.3 Å². The minimum Gasteiger partial charge on any atom is -0.467 e. The Morgan fingerprint density at radius 2 is 1.83 bits per heavy atom. The van der Waals surface area contributed by atoms with E-state index in [1.807, 2.05) is 24.3 Å². The Morgan fingerprint density at radius 3 is 2.48 bits per heavy atom. The number of anilines is 1. The van der Waals surface area contributed by atoms with Crippen LogP contribution in [0.4, 0.5) is 5.69 Å². The predicted molar refractivity (Wildman–Crippen MR) is 88.1 cm³/mol. The lowest BCUT2D eigenvalue weighted by Crippen LogP contribution is -2.42. The number of benzene rings is 2. The van der Waals surface area contributed by atoms with Crippen LogP contribution in [0.25, 0.3) is 10.8 Å². The van der Waals surface area contributed by atoms with E-state index in [-0.39, 0.29) is 5.91 Å². The summed E-state index contributed by atoms with van der Waals surface area (Å²) in [6.45, 7) is 0.336. The molecule has 23 heavy (non-hydrogen) atoms. The topological polar surface area (TPSA) is 90.6 Å². The number of hydrogen-bond acceptors (Lipinski definition) is 5. The van der Waals surface area contributed by atoms with Crippen molar-refractivity contribution in [3.05, 3.63) is 42.0 Å². The molecule has 0 aromatic heterocycles. The van der Waals surface area contributed by atoms with Crippen LogP contribution in [-0.4, -0.2) is 38.7 Å². The summed E-state index contributed by atoms with van der Waals surface area (Å²) in [4.78, 5) is 24.4. The molecule has 0 aliphatic carbocycles. The standard InChI is InChI=1S/C17H20N2O4/c1-22-10-9-15(17(21)23-2)19-16(20)13-7-8-14(18)12-6-4-3-5-11(12)13/h3-8,15H,9-10,18H2,1-2H3,(H,19,20)/t15-/m1/s1. The fourth-order valence-corrected chi connectivity index (χ4v) is 2.38. The third-order valence-corrected chi connectivity index (χ3v) is 3.60. The first-order valence-electron chi connectivity index (χ1n) is 7.23. The van der Waals surface area contributed by atoms with Gasteiger partial charge in [-0.3, -0.25) is 4.79 Å². The zero-order chi connectivity index (χ0) is 16.8. The van der Waals surface area contributed by atoms with Gasteiger partial charge in [-0.2, -0.15) is 0 Å². The summed E-state index contributed by atoms with van der Waals surface area (Å²) in [7, 11) is 2.82. The molecule has 6 heteroatoms. The largest absolute Gasteiger partial charge is 0.467 e. The lowest BCUT2D eigenvalue weighted by atomic mass is 10.0. The molecule has 3 N–H and O–H groups in total. The van der Waals surface area contributed by atoms with Crippen LogP contribution >= 0.6 is 0 Å². The lowest BCUT2D eigenvalue weighted by molar-refractivity contribution is -0.143. The number of rotatable bonds is 6. The van der Waals surface area contributed by atoms with E-state index in [0.29, 0.717) is 24.3 Å². The summed E-state index contributed by atoms with van der Waals surface area (Å²) in [6.07, 6.45) is 0.335. The van der Waals surface area contributed by atoms with Gasteiger partial charge in [0.25, 0.3) is 5.91 Å². The highest BCUT2D eigenvalue weighted by molar-refractivity contribution is 6.10. The third kappa shape index (κ3) is 3.78. The summed E-state index contributed by atoms with van der Waals surface area (Å²) in [5.41, 5.74) is 7.00. The average Bonchev–Trinajstić information content (AvgIpc) is 2.58. The fourth-order valence-electron chi connectivity index (χ4n) is 2.38. The molecule has 6 nitrogen and oxygen atoms in total. The van der Waals surface area contributed by atoms with Crippen molar-refractivity contribution >= 4 is 28.3 Å². The van der Waals surface area contributed by atoms with E-state index in [0.717, 1.165) is 10.8 Å². The summed E-state index contributed by atoms with van der Waals surface area (Å²) in [5.74, 6) is -0.858. The van der Waals surface area contributed by atoms with Gasteiger partial charge in [0.1, 0.15) is 6.04 Å². The zero-order valence-corrected chi connectivity index (χ0v) is 13.2. The molecule has 1 amide bonds. The molecule has 2 rings (SSSR count). The molecule has 1 atom stereocenters. The number of hydrogen-bond donors (Lipinski definition) is 2. The average molecular weight is 316 g/mol. The van der Waals surface area contributed by atoms with E-state index in [4.69, 9.17) is 15.2 Å². The molecule has 0 aliphatic heterocycles. The van der Waals surface area contributed by atoms with Crippen molar-refractivity contribution < 1.29 is 19.1 Å². The number of methoxy groups -OCH3 is 2. The Kier molecular flexibility index (Phi) is 5.54. The van der Waals surface area contributed by atoms with Crippen molar-refractivity contribution in [2.24, 2.45) is 0 Å². The molecule has 122 valence electrons. The predicted octanol–water partition coefficient (Wildman–Crippen LogP) is 1.73. The van der Waals surface area contributed by atoms with Crippen molar-refractivity contribution in [1.29, 1.82) is 0 Å². The zero-order valence-electron chi connectivity index (χ0n) is 13.2. The van der Waals surface area contributed by atoms with Gasteiger partial charge in [0.15, 0.2) is 0 Å². The van der Waals surface area contributed by atoms with E-state index in [9.17, 15) is 9.59 Å². The molecule has 0 unspecified atom stereocenters. The van der Waals surface area contributed by atoms with Crippen LogP contribution in [0.3, 0.4) is 0 Å². The molecule has 2 aromatic carbocycles. The molecule has 2 aromatic rings. The van der Waals surface area contributed by atoms with Gasteiger partial charge >= 0.3 is 5.97 Å². The molecular weight excluding hydrogens is 296 g/mol. The van der Waals surface area contributed by atoms with E-state index < -0.39 is 12.0 Å². The number of nitrogens with one attached hydrogen (secondary N) is 1. The highest BCUT2D eigenvalue weighted by Crippen LogP contribution is 2.24. The third-order valence-electron chi connectivity index (χ3n) is 3.60. The SMILES string of the molecule is COCC[C@@H](NC(=O)c1ccc(N)c2ccccc12)C(=O)OC. The second-order valence-electron chi connectivity index (χ2n) is 5.08. The Balaban J connectivity index is 2.29. The second-order valence-corrected chi connectivity index (χ2v) is 5.08. The van der Waals surface area contributed by atoms with E-state index in [2.05, 4.69) is 5.32 Å². The molecular formula is C17H20N2O4. The van der Waals surface area contributed by atoms with Crippen molar-refractivity contribution in [3.63, 3.8) is 0 Å². The quantitative estimate of drug-likeness (QED) is 0.625. The minimum atomic E-state index is -0.760. The molecule has 0 spiro atoms. The molecule has 0 heterocycles. The number of ether oxygens (including phenoxy) is 2. The molecule has 0 aliphatic rings. The van der Waals surface area contributed by atoms with Gasteiger partial charge in [-0.15, -0.1) is 0 Å². The summed E-state index contributed by atoms with van der Waals surface area (Å²) < 4.78 is 9.69. The lowest BCUT2D eigenvalue weighted by Gasteiger charge is -2.17. The van der Waals surface area contributed by atoms with Gasteiger partial charge in [-0.25, -0.2) is 4.79 Å². The fraction of sp³-hybridized carbons (Fsp3) is 0.294. The Morgan fingerprint density at radius 1 is 1.13 bits per heavy atom. The Bertz CT molecular complexity index is 715. The van der Waals surface area contributed by atoms with Crippen molar-refractivity contribution in [2.75, 3.05) is 26.6 Å². The number of fused-ring (bicyclic) bond motifs is 1. The van der Waals surface area contributed by atoms with Crippen LogP contribution in [0, 0.1) is 0 Å². The highest BCUT2D eigenvalue weighted by atomic mass is 16.5. The maximum atomic E-state index is 12.6. The van der Waals surface area contributed by atoms with Gasteiger partial charge in [0, 0.05) is 36.8 Å². The second kappa shape index (κ2) is 7.60. The summed E-state index contributed by atoms with van der Waals surface area (Å²) in [6, 6.07) is 9.94. The molecule has 0 bridgehead atoms. The first kappa shape index (κ1) is 16.8. The number of carbonyl (C=O) groups is 2. The van der Waals surface area contributed by atoms with Crippen molar-refractivity contribution in [2.45, 2.75) is 12.5 Å². The van der Waals surface area contributed by atoms with E-state index in [1.54, 1.807) is 12.1 Å². The van der Waals surface area contributed by atoms with Crippen LogP contribution in [0.2, 0.25) is 0 Å². The Hall–Kier alpha value is -2.60. The van der Waals surface area contributed by atoms with Gasteiger partial charge in [0.2, 0.25) is 0 Å². The van der Waals surface area contributed by atoms with E-state index >= 15 is 0 Å². The van der Waals surface area contributed by atoms with Crippen molar-refractivity contribution in [3.8, 4) is 0 Å². The molecule has 0 saturated carbocycles. The normalized spacial score (nSPS) is 11.9. The molecule has 0 saturated heterocycles. The van der Waals surface area contributed by atoms with Crippen LogP contribution in [0.1, 0.15) is 16.8 Å². The molecule has 0 fully saturated rings. The van der Waals surface area contributed by atoms with Gasteiger partial charge < -0.3 is 20.5 Å². The maximum absolute atomic E-state index is 12.6. The molecule has 0 radical (unpaired) electrons. The number of amides is 1. The van der Waals surface area contributed by atoms with Crippen LogP contribution < -0.4 is 11.1 Å². The Labute approximate surface area is 134 Å². The highest BCUT2D eigenvalue weighted by Gasteiger charge is 2.22. The summed E-state index contributed by atoms with van der Waals surface area (Å²) in [5, 5.41) is 4.23. The minimum absolute atomic E-state index is 0.335. The van der Waals surface area contributed by atoms with E-state index in [1.165, 1.54) is 14.2 Å². The van der Waals surface area contributed by atoms with Crippen LogP contribution in [-0.2, 0) is 14.3 Å². The smallest absolute Gasteiger partial charge is 0.328 e. The first-order valence-corrected chi connectivity index (χ1v) is 7.23. The van der Waals surface area contributed by atoms with Gasteiger partial charge in [0.05, 0.1) is 7.11 Å².